The number of rotatable bonds is 9. The van der Waals surface area contributed by atoms with Gasteiger partial charge in [0.05, 0.1) is 5.54 Å². The Balaban J connectivity index is 0.00000306. The summed E-state index contributed by atoms with van der Waals surface area (Å²) in [5.74, 6) is 1.73. The number of hydrogen-bond acceptors (Lipinski definition) is 4. The minimum Gasteiger partial charge on any atom is -0.492 e. The molecule has 3 aromatic carbocycles. The second-order valence-electron chi connectivity index (χ2n) is 8.79. The van der Waals surface area contributed by atoms with Gasteiger partial charge in [0.1, 0.15) is 12.4 Å². The summed E-state index contributed by atoms with van der Waals surface area (Å²) >= 11 is 1.84. The molecule has 3 aromatic rings. The molecule has 1 saturated carbocycles. The summed E-state index contributed by atoms with van der Waals surface area (Å²) in [6.07, 6.45) is 1.92. The molecule has 6 heteroatoms. The van der Waals surface area contributed by atoms with Crippen molar-refractivity contribution in [1.82, 2.24) is 10.2 Å². The monoisotopic (exact) mass is 484 g/mol. The molecule has 0 aromatic heterocycles. The maximum Gasteiger partial charge on any atom is 0.252 e. The minimum absolute atomic E-state index is 0. The number of aryl methyl sites for hydroxylation is 1. The van der Waals surface area contributed by atoms with Gasteiger partial charge in [-0.25, -0.2) is 0 Å². The highest BCUT2D eigenvalue weighted by Crippen LogP contribution is 2.49. The van der Waals surface area contributed by atoms with Crippen LogP contribution in [0.1, 0.15) is 41.3 Å². The number of hydrogen-bond donors (Lipinski definition) is 1. The third-order valence-electron chi connectivity index (χ3n) is 6.03. The fourth-order valence-electron chi connectivity index (χ4n) is 4.08. The molecule has 1 aliphatic carbocycles. The number of nitrogens with zero attached hydrogens (tertiary/aromatic N) is 1. The highest BCUT2D eigenvalue weighted by Gasteiger charge is 2.47. The second-order valence-corrected chi connectivity index (χ2v) is 10.1. The first-order valence-electron chi connectivity index (χ1n) is 11.3. The zero-order chi connectivity index (χ0) is 22.7. The number of ether oxygens (including phenoxy) is 1. The Kier molecular flexibility index (Phi) is 8.33. The van der Waals surface area contributed by atoms with E-state index >= 15 is 0 Å². The molecule has 176 valence electrons. The van der Waals surface area contributed by atoms with Crippen LogP contribution in [0, 0.1) is 6.92 Å². The average molecular weight is 485 g/mol. The minimum atomic E-state index is -0.296. The fourth-order valence-corrected chi connectivity index (χ4v) is 4.83. The Hall–Kier alpha value is -2.21. The summed E-state index contributed by atoms with van der Waals surface area (Å²) < 4.78 is 5.87. The molecule has 0 atom stereocenters. The molecule has 0 heterocycles. The number of carbonyl (C=O) groups is 1. The Morgan fingerprint density at radius 2 is 1.88 bits per heavy atom. The average Bonchev–Trinajstić information content (AvgIpc) is 3.54. The molecule has 0 bridgehead atoms. The first-order chi connectivity index (χ1) is 15.4. The van der Waals surface area contributed by atoms with Crippen LogP contribution in [0.3, 0.4) is 0 Å². The molecular weight excluding hydrogens is 452 g/mol. The van der Waals surface area contributed by atoms with Gasteiger partial charge in [0.2, 0.25) is 0 Å². The van der Waals surface area contributed by atoms with Crippen LogP contribution in [0.2, 0.25) is 0 Å². The lowest BCUT2D eigenvalue weighted by Crippen LogP contribution is -2.35. The number of fused-ring (bicyclic) bond motifs is 1. The predicted molar refractivity (Wildman–Crippen MR) is 141 cm³/mol. The smallest absolute Gasteiger partial charge is 0.252 e. The molecular formula is C27H33ClN2O2S. The van der Waals surface area contributed by atoms with Crippen molar-refractivity contribution in [2.24, 2.45) is 0 Å². The molecule has 0 spiro atoms. The lowest BCUT2D eigenvalue weighted by Gasteiger charge is -2.22. The van der Waals surface area contributed by atoms with E-state index in [1.165, 1.54) is 21.2 Å². The lowest BCUT2D eigenvalue weighted by molar-refractivity contribution is 0.0930. The van der Waals surface area contributed by atoms with Gasteiger partial charge in [-0.1, -0.05) is 37.3 Å². The van der Waals surface area contributed by atoms with Crippen molar-refractivity contribution in [3.05, 3.63) is 71.3 Å². The number of nitrogens with one attached hydrogen (secondary N) is 1. The summed E-state index contributed by atoms with van der Waals surface area (Å²) in [6, 6.07) is 18.8. The van der Waals surface area contributed by atoms with Crippen molar-refractivity contribution in [3.8, 4) is 5.75 Å². The maximum atomic E-state index is 13.4. The fraction of sp³-hybridized carbons (Fsp3) is 0.370. The number of benzene rings is 3. The van der Waals surface area contributed by atoms with Crippen LogP contribution in [0.5, 0.6) is 5.75 Å². The van der Waals surface area contributed by atoms with Crippen LogP contribution in [0.4, 0.5) is 0 Å². The Morgan fingerprint density at radius 1 is 1.12 bits per heavy atom. The van der Waals surface area contributed by atoms with Gasteiger partial charge in [0.25, 0.3) is 5.91 Å². The van der Waals surface area contributed by atoms with Crippen molar-refractivity contribution in [2.75, 3.05) is 33.0 Å². The molecule has 1 N–H and O–H groups in total. The van der Waals surface area contributed by atoms with Crippen LogP contribution < -0.4 is 10.1 Å². The van der Waals surface area contributed by atoms with Crippen LogP contribution >= 0.6 is 24.2 Å². The first kappa shape index (κ1) is 25.4. The highest BCUT2D eigenvalue weighted by atomic mass is 35.5. The summed E-state index contributed by atoms with van der Waals surface area (Å²) in [5.41, 5.74) is 2.58. The molecule has 4 nitrogen and oxygen atoms in total. The molecule has 0 saturated heterocycles. The largest absolute Gasteiger partial charge is 0.492 e. The van der Waals surface area contributed by atoms with E-state index in [-0.39, 0.29) is 23.9 Å². The molecule has 0 unspecified atom stereocenters. The molecule has 1 aliphatic rings. The molecule has 4 rings (SSSR count). The van der Waals surface area contributed by atoms with Crippen molar-refractivity contribution in [1.29, 1.82) is 0 Å². The summed E-state index contributed by atoms with van der Waals surface area (Å²) in [7, 11) is 4.04. The van der Waals surface area contributed by atoms with Crippen LogP contribution in [-0.2, 0) is 5.54 Å². The van der Waals surface area contributed by atoms with E-state index in [4.69, 9.17) is 4.74 Å². The lowest BCUT2D eigenvalue weighted by atomic mass is 9.96. The zero-order valence-corrected chi connectivity index (χ0v) is 21.4. The third-order valence-corrected chi connectivity index (χ3v) is 6.88. The molecule has 0 radical (unpaired) electrons. The molecule has 33 heavy (non-hydrogen) atoms. The van der Waals surface area contributed by atoms with Gasteiger partial charge in [0, 0.05) is 17.0 Å². The van der Waals surface area contributed by atoms with E-state index in [1.807, 2.05) is 51.0 Å². The zero-order valence-electron chi connectivity index (χ0n) is 19.8. The second kappa shape index (κ2) is 10.8. The SMILES string of the molecule is CCSc1cc(C2(NC(=O)c3cc(OCCN(C)C)ccc3C)CC2)c2ccccc2c1.Cl. The topological polar surface area (TPSA) is 41.6 Å². The van der Waals surface area contributed by atoms with E-state index in [0.29, 0.717) is 12.2 Å². The van der Waals surface area contributed by atoms with Crippen molar-refractivity contribution in [3.63, 3.8) is 0 Å². The molecule has 1 fully saturated rings. The van der Waals surface area contributed by atoms with Gasteiger partial charge >= 0.3 is 0 Å². The molecule has 1 amide bonds. The van der Waals surface area contributed by atoms with Crippen LogP contribution in [0.25, 0.3) is 10.8 Å². The van der Waals surface area contributed by atoms with E-state index < -0.39 is 0 Å². The van der Waals surface area contributed by atoms with E-state index in [9.17, 15) is 4.79 Å². The van der Waals surface area contributed by atoms with Gasteiger partial charge in [-0.05, 0) is 85.8 Å². The van der Waals surface area contributed by atoms with Crippen LogP contribution in [-0.4, -0.2) is 43.8 Å². The van der Waals surface area contributed by atoms with Gasteiger partial charge in [-0.3, -0.25) is 4.79 Å². The van der Waals surface area contributed by atoms with E-state index in [0.717, 1.165) is 36.5 Å². The van der Waals surface area contributed by atoms with Crippen molar-refractivity contribution in [2.45, 2.75) is 37.1 Å². The third kappa shape index (κ3) is 5.84. The number of amides is 1. The van der Waals surface area contributed by atoms with Gasteiger partial charge < -0.3 is 15.0 Å². The van der Waals surface area contributed by atoms with Crippen molar-refractivity contribution >= 4 is 40.8 Å². The maximum absolute atomic E-state index is 13.4. The highest BCUT2D eigenvalue weighted by molar-refractivity contribution is 7.99. The predicted octanol–water partition coefficient (Wildman–Crippen LogP) is 6.04. The Labute approximate surface area is 207 Å². The van der Waals surface area contributed by atoms with Gasteiger partial charge in [-0.15, -0.1) is 24.2 Å². The Bertz CT molecular complexity index is 1130. The quantitative estimate of drug-likeness (QED) is 0.376. The van der Waals surface area contributed by atoms with Crippen molar-refractivity contribution < 1.29 is 9.53 Å². The summed E-state index contributed by atoms with van der Waals surface area (Å²) in [4.78, 5) is 16.7. The number of carbonyl (C=O) groups excluding carboxylic acids is 1. The molecule has 0 aliphatic heterocycles. The first-order valence-corrected chi connectivity index (χ1v) is 12.3. The van der Waals surface area contributed by atoms with Gasteiger partial charge in [-0.2, -0.15) is 0 Å². The van der Waals surface area contributed by atoms with E-state index in [2.05, 4.69) is 53.5 Å². The summed E-state index contributed by atoms with van der Waals surface area (Å²) in [6.45, 7) is 5.57. The summed E-state index contributed by atoms with van der Waals surface area (Å²) in [5, 5.41) is 5.85. The normalized spacial score (nSPS) is 14.1. The number of likely N-dealkylation sites (N-methyl/N-ethyl adjacent to an activating group) is 1. The number of thioether (sulfide) groups is 1. The van der Waals surface area contributed by atoms with E-state index in [1.54, 1.807) is 0 Å². The van der Waals surface area contributed by atoms with Crippen LogP contribution in [0.15, 0.2) is 59.5 Å². The van der Waals surface area contributed by atoms with Gasteiger partial charge in [0.15, 0.2) is 0 Å². The Morgan fingerprint density at radius 3 is 2.58 bits per heavy atom. The standard InChI is InChI=1S/C27H32N2O2S.ClH/c1-5-32-22-16-20-8-6-7-9-23(20)25(18-22)27(12-13-27)28-26(30)24-17-21(11-10-19(24)2)31-15-14-29(3)4;/h6-11,16-18H,5,12-15H2,1-4H3,(H,28,30);1H. The number of halogens is 1.